The molecule has 0 spiro atoms. The van der Waals surface area contributed by atoms with Gasteiger partial charge in [0.25, 0.3) is 0 Å². The minimum atomic E-state index is -3.74. The smallest absolute Gasteiger partial charge is 0.465 e. The second kappa shape index (κ2) is 4.63. The number of alkyl halides is 2. The predicted octanol–water partition coefficient (Wildman–Crippen LogP) is 2.35. The Morgan fingerprint density at radius 3 is 2.70 bits per heavy atom. The molecule has 0 saturated heterocycles. The van der Waals surface area contributed by atoms with Gasteiger partial charge >= 0.3 is 12.3 Å². The topological polar surface area (TPSA) is 68.6 Å². The molecular weight excluding hydrogens is 272 g/mol. The molecule has 106 valence electrons. The van der Waals surface area contributed by atoms with Crippen LogP contribution in [0, 0.1) is 11.3 Å². The number of rotatable bonds is 3. The Morgan fingerprint density at radius 1 is 1.45 bits per heavy atom. The molecule has 0 radical (unpaired) electrons. The lowest BCUT2D eigenvalue weighted by molar-refractivity contribution is -0.286. The Labute approximate surface area is 113 Å². The molecule has 0 aliphatic carbocycles. The van der Waals surface area contributed by atoms with Crippen molar-refractivity contribution in [2.75, 3.05) is 6.61 Å². The standard InChI is InChI=1S/C13H11F2NO4/c1-3-18-11(17)12(2,7-16)8-4-5-9-10(6-8)20-13(14,15)19-9/h4-6H,3H2,1-2H3. The molecule has 0 fully saturated rings. The summed E-state index contributed by atoms with van der Waals surface area (Å²) in [6, 6.07) is 5.58. The highest BCUT2D eigenvalue weighted by molar-refractivity contribution is 5.86. The van der Waals surface area contributed by atoms with E-state index in [0.29, 0.717) is 0 Å². The van der Waals surface area contributed by atoms with E-state index in [2.05, 4.69) is 9.47 Å². The molecule has 0 N–H and O–H groups in total. The van der Waals surface area contributed by atoms with Gasteiger partial charge in [-0.2, -0.15) is 5.26 Å². The third-order valence-corrected chi connectivity index (χ3v) is 2.89. The molecule has 1 unspecified atom stereocenters. The van der Waals surface area contributed by atoms with Crippen molar-refractivity contribution in [2.24, 2.45) is 0 Å². The zero-order chi connectivity index (χ0) is 15.0. The maximum absolute atomic E-state index is 12.9. The Bertz CT molecular complexity index is 597. The molecule has 7 heteroatoms. The average molecular weight is 283 g/mol. The molecule has 1 aromatic carbocycles. The van der Waals surface area contributed by atoms with Gasteiger partial charge in [-0.25, -0.2) is 4.79 Å². The monoisotopic (exact) mass is 283 g/mol. The molecule has 2 rings (SSSR count). The normalized spacial score (nSPS) is 17.9. The summed E-state index contributed by atoms with van der Waals surface area (Å²) in [5.74, 6) is -1.13. The lowest BCUT2D eigenvalue weighted by Crippen LogP contribution is -2.32. The zero-order valence-electron chi connectivity index (χ0n) is 10.8. The van der Waals surface area contributed by atoms with Crippen molar-refractivity contribution in [3.05, 3.63) is 23.8 Å². The SMILES string of the molecule is CCOC(=O)C(C)(C#N)c1ccc2c(c1)OC(F)(F)O2. The van der Waals surface area contributed by atoms with Crippen molar-refractivity contribution in [2.45, 2.75) is 25.6 Å². The Hall–Kier alpha value is -2.36. The number of carbonyl (C=O) groups excluding carboxylic acids is 1. The number of halogens is 2. The summed E-state index contributed by atoms with van der Waals surface area (Å²) in [4.78, 5) is 11.9. The number of carbonyl (C=O) groups is 1. The number of nitriles is 1. The van der Waals surface area contributed by atoms with Crippen LogP contribution < -0.4 is 9.47 Å². The van der Waals surface area contributed by atoms with Crippen molar-refractivity contribution in [1.29, 1.82) is 5.26 Å². The number of ether oxygens (including phenoxy) is 3. The molecule has 0 saturated carbocycles. The van der Waals surface area contributed by atoms with Crippen molar-refractivity contribution in [3.8, 4) is 17.6 Å². The summed E-state index contributed by atoms with van der Waals surface area (Å²) in [7, 11) is 0. The largest absolute Gasteiger partial charge is 0.586 e. The van der Waals surface area contributed by atoms with Crippen molar-refractivity contribution in [1.82, 2.24) is 0 Å². The van der Waals surface area contributed by atoms with Crippen LogP contribution in [-0.4, -0.2) is 18.9 Å². The fourth-order valence-electron chi connectivity index (χ4n) is 1.76. The van der Waals surface area contributed by atoms with E-state index in [-0.39, 0.29) is 23.7 Å². The maximum atomic E-state index is 12.9. The Balaban J connectivity index is 2.40. The number of esters is 1. The number of hydrogen-bond acceptors (Lipinski definition) is 5. The van der Waals surface area contributed by atoms with Gasteiger partial charge in [-0.3, -0.25) is 0 Å². The molecule has 1 heterocycles. The molecular formula is C13H11F2NO4. The number of hydrogen-bond donors (Lipinski definition) is 0. The van der Waals surface area contributed by atoms with Crippen LogP contribution in [0.15, 0.2) is 18.2 Å². The first-order valence-electron chi connectivity index (χ1n) is 5.81. The first-order valence-corrected chi connectivity index (χ1v) is 5.81. The lowest BCUT2D eigenvalue weighted by atomic mass is 9.84. The summed E-state index contributed by atoms with van der Waals surface area (Å²) >= 11 is 0. The molecule has 20 heavy (non-hydrogen) atoms. The van der Waals surface area contributed by atoms with E-state index in [9.17, 15) is 18.8 Å². The summed E-state index contributed by atoms with van der Waals surface area (Å²) in [6.45, 7) is 3.06. The minimum absolute atomic E-state index is 0.110. The van der Waals surface area contributed by atoms with Gasteiger partial charge in [0.2, 0.25) is 0 Å². The van der Waals surface area contributed by atoms with Gasteiger partial charge in [-0.15, -0.1) is 8.78 Å². The second-order valence-corrected chi connectivity index (χ2v) is 4.29. The summed E-state index contributed by atoms with van der Waals surface area (Å²) in [6.07, 6.45) is -3.74. The number of fused-ring (bicyclic) bond motifs is 1. The average Bonchev–Trinajstić information content (AvgIpc) is 2.70. The second-order valence-electron chi connectivity index (χ2n) is 4.29. The molecule has 0 bridgehead atoms. The van der Waals surface area contributed by atoms with Crippen LogP contribution in [0.4, 0.5) is 8.78 Å². The van der Waals surface area contributed by atoms with Gasteiger partial charge < -0.3 is 14.2 Å². The van der Waals surface area contributed by atoms with E-state index in [1.165, 1.54) is 25.1 Å². The van der Waals surface area contributed by atoms with Gasteiger partial charge in [0, 0.05) is 0 Å². The lowest BCUT2D eigenvalue weighted by Gasteiger charge is -2.19. The van der Waals surface area contributed by atoms with Gasteiger partial charge in [-0.05, 0) is 31.5 Å². The van der Waals surface area contributed by atoms with Crippen molar-refractivity contribution >= 4 is 5.97 Å². The summed E-state index contributed by atoms with van der Waals surface area (Å²) in [5.41, 5.74) is -1.41. The third kappa shape index (κ3) is 2.25. The summed E-state index contributed by atoms with van der Waals surface area (Å²) < 4.78 is 39.2. The van der Waals surface area contributed by atoms with E-state index in [1.807, 2.05) is 6.07 Å². The van der Waals surface area contributed by atoms with Crippen LogP contribution in [0.25, 0.3) is 0 Å². The van der Waals surface area contributed by atoms with Gasteiger partial charge in [0.05, 0.1) is 12.7 Å². The van der Waals surface area contributed by atoms with E-state index in [0.717, 1.165) is 0 Å². The molecule has 1 aliphatic rings. The Morgan fingerprint density at radius 2 is 2.10 bits per heavy atom. The van der Waals surface area contributed by atoms with Gasteiger partial charge in [0.1, 0.15) is 0 Å². The third-order valence-electron chi connectivity index (χ3n) is 2.89. The molecule has 1 atom stereocenters. The van der Waals surface area contributed by atoms with Crippen LogP contribution >= 0.6 is 0 Å². The number of nitrogens with zero attached hydrogens (tertiary/aromatic N) is 1. The maximum Gasteiger partial charge on any atom is 0.586 e. The molecule has 0 amide bonds. The summed E-state index contributed by atoms with van der Waals surface area (Å²) in [5, 5.41) is 9.22. The quantitative estimate of drug-likeness (QED) is 0.796. The highest BCUT2D eigenvalue weighted by Gasteiger charge is 2.45. The van der Waals surface area contributed by atoms with Crippen LogP contribution in [0.5, 0.6) is 11.5 Å². The van der Waals surface area contributed by atoms with Gasteiger partial charge in [-0.1, -0.05) is 6.07 Å². The van der Waals surface area contributed by atoms with E-state index < -0.39 is 17.7 Å². The predicted molar refractivity (Wildman–Crippen MR) is 62.2 cm³/mol. The zero-order valence-corrected chi connectivity index (χ0v) is 10.8. The number of benzene rings is 1. The van der Waals surface area contributed by atoms with Crippen LogP contribution in [0.3, 0.4) is 0 Å². The van der Waals surface area contributed by atoms with Gasteiger partial charge in [0.15, 0.2) is 16.9 Å². The molecule has 0 aromatic heterocycles. The van der Waals surface area contributed by atoms with E-state index in [4.69, 9.17) is 4.74 Å². The van der Waals surface area contributed by atoms with Crippen molar-refractivity contribution in [3.63, 3.8) is 0 Å². The van der Waals surface area contributed by atoms with Crippen molar-refractivity contribution < 1.29 is 27.8 Å². The van der Waals surface area contributed by atoms with Crippen LogP contribution in [0.1, 0.15) is 19.4 Å². The van der Waals surface area contributed by atoms with E-state index >= 15 is 0 Å². The highest BCUT2D eigenvalue weighted by Crippen LogP contribution is 2.43. The van der Waals surface area contributed by atoms with E-state index in [1.54, 1.807) is 6.92 Å². The highest BCUT2D eigenvalue weighted by atomic mass is 19.3. The fraction of sp³-hybridized carbons (Fsp3) is 0.385. The molecule has 5 nitrogen and oxygen atoms in total. The molecule has 1 aliphatic heterocycles. The first-order chi connectivity index (χ1) is 9.32. The fourth-order valence-corrected chi connectivity index (χ4v) is 1.76. The minimum Gasteiger partial charge on any atom is -0.465 e. The van der Waals surface area contributed by atoms with Crippen LogP contribution in [-0.2, 0) is 14.9 Å². The first kappa shape index (κ1) is 14.1. The van der Waals surface area contributed by atoms with Crippen LogP contribution in [0.2, 0.25) is 0 Å². The molecule has 1 aromatic rings. The Kier molecular flexibility index (Phi) is 3.26.